The Morgan fingerprint density at radius 2 is 1.96 bits per heavy atom. The molecule has 0 aliphatic rings. The molecule has 0 spiro atoms. The van der Waals surface area contributed by atoms with Crippen LogP contribution in [0.4, 0.5) is 10.1 Å². The molecule has 0 saturated heterocycles. The fourth-order valence-electron chi connectivity index (χ4n) is 2.27. The number of nitrogen functional groups attached to an aromatic ring is 1. The summed E-state index contributed by atoms with van der Waals surface area (Å²) in [6.45, 7) is 3.74. The Bertz CT molecular complexity index is 926. The number of nitrogens with two attached hydrogens (primary N) is 1. The third kappa shape index (κ3) is 4.02. The van der Waals surface area contributed by atoms with Crippen molar-refractivity contribution >= 4 is 23.4 Å². The van der Waals surface area contributed by atoms with E-state index in [1.165, 1.54) is 28.6 Å². The molecular weight excluding hydrogens is 353 g/mol. The first-order valence-corrected chi connectivity index (χ1v) is 8.82. The van der Waals surface area contributed by atoms with E-state index >= 15 is 0 Å². The van der Waals surface area contributed by atoms with E-state index in [-0.39, 0.29) is 11.7 Å². The third-order valence-electron chi connectivity index (χ3n) is 3.72. The molecule has 0 bridgehead atoms. The van der Waals surface area contributed by atoms with Crippen LogP contribution >= 0.6 is 11.8 Å². The van der Waals surface area contributed by atoms with Crippen LogP contribution in [0.25, 0.3) is 11.4 Å². The summed E-state index contributed by atoms with van der Waals surface area (Å²) in [4.78, 5) is 12.4. The average Bonchev–Trinajstić information content (AvgIpc) is 2.97. The first kappa shape index (κ1) is 17.9. The summed E-state index contributed by atoms with van der Waals surface area (Å²) >= 11 is 1.18. The topological polar surface area (TPSA) is 85.8 Å². The van der Waals surface area contributed by atoms with Gasteiger partial charge in [-0.25, -0.2) is 9.07 Å². The molecular formula is C18H18FN5OS. The molecule has 0 aliphatic heterocycles. The van der Waals surface area contributed by atoms with Crippen molar-refractivity contribution in [3.63, 3.8) is 0 Å². The number of carbonyl (C=O) groups excluding carboxylic acids is 1. The molecule has 1 atom stereocenters. The average molecular weight is 371 g/mol. The Balaban J connectivity index is 1.70. The Labute approximate surface area is 154 Å². The van der Waals surface area contributed by atoms with Crippen molar-refractivity contribution in [1.29, 1.82) is 0 Å². The van der Waals surface area contributed by atoms with E-state index in [1.807, 2.05) is 31.2 Å². The van der Waals surface area contributed by atoms with Crippen LogP contribution in [0.15, 0.2) is 53.7 Å². The molecule has 0 aliphatic carbocycles. The van der Waals surface area contributed by atoms with Gasteiger partial charge in [0.15, 0.2) is 5.82 Å². The number of aryl methyl sites for hydroxylation is 1. The second-order valence-electron chi connectivity index (χ2n) is 5.80. The zero-order chi connectivity index (χ0) is 18.7. The maximum atomic E-state index is 13.4. The zero-order valence-corrected chi connectivity index (χ0v) is 15.1. The van der Waals surface area contributed by atoms with E-state index in [2.05, 4.69) is 15.5 Å². The summed E-state index contributed by atoms with van der Waals surface area (Å²) in [5, 5.41) is 10.8. The fraction of sp³-hybridized carbons (Fsp3) is 0.167. The lowest BCUT2D eigenvalue weighted by Crippen LogP contribution is -2.23. The monoisotopic (exact) mass is 371 g/mol. The summed E-state index contributed by atoms with van der Waals surface area (Å²) in [6, 6.07) is 13.5. The minimum Gasteiger partial charge on any atom is -0.335 e. The van der Waals surface area contributed by atoms with Crippen LogP contribution in [0.5, 0.6) is 0 Å². The molecule has 3 N–H and O–H groups in total. The largest absolute Gasteiger partial charge is 0.335 e. The van der Waals surface area contributed by atoms with Gasteiger partial charge in [-0.2, -0.15) is 0 Å². The Kier molecular flexibility index (Phi) is 5.22. The minimum absolute atomic E-state index is 0.172. The predicted octanol–water partition coefficient (Wildman–Crippen LogP) is 3.23. The van der Waals surface area contributed by atoms with E-state index in [9.17, 15) is 9.18 Å². The maximum absolute atomic E-state index is 13.4. The molecule has 1 heterocycles. The van der Waals surface area contributed by atoms with Crippen LogP contribution in [-0.4, -0.2) is 26.0 Å². The smallest absolute Gasteiger partial charge is 0.237 e. The number of thioether (sulfide) groups is 1. The van der Waals surface area contributed by atoms with Crippen LogP contribution < -0.4 is 11.2 Å². The van der Waals surface area contributed by atoms with Gasteiger partial charge in [-0.1, -0.05) is 41.6 Å². The number of aromatic nitrogens is 3. The summed E-state index contributed by atoms with van der Waals surface area (Å²) < 4.78 is 14.6. The SMILES string of the molecule is Cc1ccc(NC(=O)[C@@H](C)Sc2nnc(-c3cccc(F)c3)n2N)cc1. The van der Waals surface area contributed by atoms with Crippen molar-refractivity contribution in [3.05, 3.63) is 59.9 Å². The standard InChI is InChI=1S/C18H18FN5OS/c1-11-6-8-15(9-7-11)21-17(25)12(2)26-18-23-22-16(24(18)20)13-4-3-5-14(19)10-13/h3-10,12H,20H2,1-2H3,(H,21,25)/t12-/m1/s1. The van der Waals surface area contributed by atoms with Gasteiger partial charge in [-0.3, -0.25) is 4.79 Å². The zero-order valence-electron chi connectivity index (χ0n) is 14.3. The van der Waals surface area contributed by atoms with Gasteiger partial charge < -0.3 is 11.2 Å². The number of rotatable bonds is 5. The van der Waals surface area contributed by atoms with Crippen molar-refractivity contribution in [2.24, 2.45) is 0 Å². The Morgan fingerprint density at radius 1 is 1.23 bits per heavy atom. The summed E-state index contributed by atoms with van der Waals surface area (Å²) in [5.41, 5.74) is 2.36. The van der Waals surface area contributed by atoms with Crippen molar-refractivity contribution < 1.29 is 9.18 Å². The lowest BCUT2D eigenvalue weighted by Gasteiger charge is -2.11. The molecule has 0 radical (unpaired) electrons. The van der Waals surface area contributed by atoms with Crippen molar-refractivity contribution in [2.75, 3.05) is 11.2 Å². The van der Waals surface area contributed by atoms with E-state index in [4.69, 9.17) is 5.84 Å². The first-order valence-electron chi connectivity index (χ1n) is 7.94. The van der Waals surface area contributed by atoms with E-state index < -0.39 is 5.25 Å². The number of nitrogens with zero attached hydrogens (tertiary/aromatic N) is 3. The molecule has 3 aromatic rings. The Hall–Kier alpha value is -2.87. The second-order valence-corrected chi connectivity index (χ2v) is 7.11. The fourth-order valence-corrected chi connectivity index (χ4v) is 3.04. The summed E-state index contributed by atoms with van der Waals surface area (Å²) in [5.74, 6) is 5.80. The number of carbonyl (C=O) groups is 1. The highest BCUT2D eigenvalue weighted by Crippen LogP contribution is 2.25. The van der Waals surface area contributed by atoms with E-state index in [0.717, 1.165) is 11.3 Å². The molecule has 0 saturated carbocycles. The van der Waals surface area contributed by atoms with Gasteiger partial charge in [-0.15, -0.1) is 10.2 Å². The van der Waals surface area contributed by atoms with E-state index in [0.29, 0.717) is 16.5 Å². The summed E-state index contributed by atoms with van der Waals surface area (Å²) in [6.07, 6.45) is 0. The van der Waals surface area contributed by atoms with Crippen LogP contribution in [0.2, 0.25) is 0 Å². The molecule has 0 fully saturated rings. The lowest BCUT2D eigenvalue weighted by atomic mass is 10.2. The molecule has 26 heavy (non-hydrogen) atoms. The quantitative estimate of drug-likeness (QED) is 0.531. The molecule has 3 rings (SSSR count). The van der Waals surface area contributed by atoms with Gasteiger partial charge in [0.25, 0.3) is 0 Å². The number of hydrogen-bond acceptors (Lipinski definition) is 5. The van der Waals surface area contributed by atoms with Crippen LogP contribution in [0.3, 0.4) is 0 Å². The van der Waals surface area contributed by atoms with Gasteiger partial charge in [-0.05, 0) is 38.1 Å². The number of benzene rings is 2. The number of halogens is 1. The van der Waals surface area contributed by atoms with Gasteiger partial charge in [0.05, 0.1) is 5.25 Å². The van der Waals surface area contributed by atoms with Crippen molar-refractivity contribution in [1.82, 2.24) is 14.9 Å². The van der Waals surface area contributed by atoms with Crippen molar-refractivity contribution in [3.8, 4) is 11.4 Å². The molecule has 134 valence electrons. The van der Waals surface area contributed by atoms with Gasteiger partial charge in [0, 0.05) is 11.3 Å². The number of anilines is 1. The maximum Gasteiger partial charge on any atom is 0.237 e. The minimum atomic E-state index is -0.442. The molecule has 1 amide bonds. The second kappa shape index (κ2) is 7.57. The summed E-state index contributed by atoms with van der Waals surface area (Å²) in [7, 11) is 0. The van der Waals surface area contributed by atoms with E-state index in [1.54, 1.807) is 19.1 Å². The lowest BCUT2D eigenvalue weighted by molar-refractivity contribution is -0.115. The van der Waals surface area contributed by atoms with Crippen LogP contribution in [-0.2, 0) is 4.79 Å². The molecule has 1 aromatic heterocycles. The number of hydrogen-bond donors (Lipinski definition) is 2. The molecule has 2 aromatic carbocycles. The van der Waals surface area contributed by atoms with Crippen LogP contribution in [0.1, 0.15) is 12.5 Å². The first-order chi connectivity index (χ1) is 12.4. The highest BCUT2D eigenvalue weighted by molar-refractivity contribution is 8.00. The normalized spacial score (nSPS) is 12.0. The highest BCUT2D eigenvalue weighted by Gasteiger charge is 2.20. The van der Waals surface area contributed by atoms with Gasteiger partial charge in [0.2, 0.25) is 11.1 Å². The van der Waals surface area contributed by atoms with Crippen LogP contribution in [0, 0.1) is 12.7 Å². The molecule has 6 nitrogen and oxygen atoms in total. The Morgan fingerprint density at radius 3 is 2.65 bits per heavy atom. The molecule has 8 heteroatoms. The number of amides is 1. The van der Waals surface area contributed by atoms with Gasteiger partial charge >= 0.3 is 0 Å². The molecule has 0 unspecified atom stereocenters. The third-order valence-corrected chi connectivity index (χ3v) is 4.77. The predicted molar refractivity (Wildman–Crippen MR) is 101 cm³/mol. The van der Waals surface area contributed by atoms with Gasteiger partial charge in [0.1, 0.15) is 5.82 Å². The highest BCUT2D eigenvalue weighted by atomic mass is 32.2. The number of nitrogens with one attached hydrogen (secondary N) is 1. The van der Waals surface area contributed by atoms with Crippen molar-refractivity contribution in [2.45, 2.75) is 24.3 Å².